The number of hydrogen-bond donors (Lipinski definition) is 0. The summed E-state index contributed by atoms with van der Waals surface area (Å²) in [6.07, 6.45) is 0. The van der Waals surface area contributed by atoms with Crippen molar-refractivity contribution in [2.24, 2.45) is 0 Å². The summed E-state index contributed by atoms with van der Waals surface area (Å²) in [5, 5.41) is 1.97. The quantitative estimate of drug-likeness (QED) is 0.142. The van der Waals surface area contributed by atoms with Crippen LogP contribution in [0.2, 0.25) is 0 Å². The average Bonchev–Trinajstić information content (AvgIpc) is 3.86. The lowest BCUT2D eigenvalue weighted by molar-refractivity contribution is 1.06. The standard InChI is InChI=1S/C54H20B15N7/c55-34-31(35(56)41(62)46(67)40(34)61)52-71-49(22-12-5-2-6-13-22)70-51(74-52)26-20-23(18-19-28(26)76-27-16-8-7-14-25(27)30-24(15-9-17-29(30)76)21-10-3-1-4-11-21)50-72-53(32-36(57)42(63)47(68)43(64)37(32)58)75-54(73-50)33-38(59)44(65)48(69)45(66)39(33)60/h1-20H. The summed E-state index contributed by atoms with van der Waals surface area (Å²) in [5.74, 6) is 0.278. The van der Waals surface area contributed by atoms with Gasteiger partial charge < -0.3 is 4.57 Å². The first-order valence-corrected chi connectivity index (χ1v) is 23.3. The van der Waals surface area contributed by atoms with Crippen LogP contribution in [0.1, 0.15) is 0 Å². The van der Waals surface area contributed by atoms with Crippen LogP contribution in [0, 0.1) is 0 Å². The van der Waals surface area contributed by atoms with Gasteiger partial charge in [-0.25, -0.2) is 29.9 Å². The summed E-state index contributed by atoms with van der Waals surface area (Å²) < 4.78 is 2.14. The summed E-state index contributed by atoms with van der Waals surface area (Å²) in [5.41, 5.74) is 5.61. The van der Waals surface area contributed by atoms with Gasteiger partial charge in [0.2, 0.25) is 0 Å². The van der Waals surface area contributed by atoms with E-state index in [0.29, 0.717) is 22.4 Å². The highest BCUT2D eigenvalue weighted by atomic mass is 15.1. The van der Waals surface area contributed by atoms with Crippen molar-refractivity contribution in [1.82, 2.24) is 34.5 Å². The van der Waals surface area contributed by atoms with Gasteiger partial charge in [0.1, 0.15) is 118 Å². The fourth-order valence-electron chi connectivity index (χ4n) is 9.51. The molecule has 0 aliphatic heterocycles. The molecule has 0 N–H and O–H groups in total. The first kappa shape index (κ1) is 50.7. The second-order valence-electron chi connectivity index (χ2n) is 18.0. The van der Waals surface area contributed by atoms with Gasteiger partial charge in [-0.15, -0.1) is 49.2 Å². The van der Waals surface area contributed by atoms with Crippen molar-refractivity contribution in [2.75, 3.05) is 0 Å². The summed E-state index contributed by atoms with van der Waals surface area (Å²) in [7, 11) is 97.4. The highest BCUT2D eigenvalue weighted by Crippen LogP contribution is 2.41. The monoisotopic (exact) mass is 931 g/mol. The lowest BCUT2D eigenvalue weighted by Gasteiger charge is -2.23. The van der Waals surface area contributed by atoms with Gasteiger partial charge in [-0.05, 0) is 41.5 Å². The maximum absolute atomic E-state index is 6.73. The van der Waals surface area contributed by atoms with Gasteiger partial charge >= 0.3 is 0 Å². The molecule has 8 aromatic carbocycles. The van der Waals surface area contributed by atoms with Crippen LogP contribution in [0.4, 0.5) is 0 Å². The van der Waals surface area contributed by atoms with Gasteiger partial charge in [-0.1, -0.05) is 124 Å². The first-order valence-electron chi connectivity index (χ1n) is 23.3. The van der Waals surface area contributed by atoms with Crippen LogP contribution < -0.4 is 81.9 Å². The molecule has 0 saturated carbocycles. The van der Waals surface area contributed by atoms with Crippen LogP contribution in [0.25, 0.3) is 107 Å². The lowest BCUT2D eigenvalue weighted by Crippen LogP contribution is -2.55. The molecular weight excluding hydrogens is 909 g/mol. The third-order valence-corrected chi connectivity index (χ3v) is 13.6. The van der Waals surface area contributed by atoms with Gasteiger partial charge in [0, 0.05) is 44.2 Å². The highest BCUT2D eigenvalue weighted by molar-refractivity contribution is 6.71. The summed E-state index contributed by atoms with van der Waals surface area (Å²) in [6.45, 7) is 0. The molecule has 11 aromatic rings. The van der Waals surface area contributed by atoms with Crippen molar-refractivity contribution >= 4 is 221 Å². The van der Waals surface area contributed by atoms with E-state index in [-0.39, 0.29) is 134 Å². The predicted molar refractivity (Wildman–Crippen MR) is 326 cm³/mol. The molecule has 76 heavy (non-hydrogen) atoms. The van der Waals surface area contributed by atoms with Crippen LogP contribution in [-0.4, -0.2) is 152 Å². The zero-order valence-corrected chi connectivity index (χ0v) is 40.3. The molecule has 7 nitrogen and oxygen atoms in total. The zero-order valence-electron chi connectivity index (χ0n) is 40.3. The molecule has 3 aromatic heterocycles. The van der Waals surface area contributed by atoms with Crippen molar-refractivity contribution in [3.63, 3.8) is 0 Å². The number of rotatable bonds is 8. The Balaban J connectivity index is 1.28. The fourth-order valence-corrected chi connectivity index (χ4v) is 9.51. The van der Waals surface area contributed by atoms with Crippen molar-refractivity contribution in [2.45, 2.75) is 0 Å². The van der Waals surface area contributed by atoms with Gasteiger partial charge in [-0.3, -0.25) is 0 Å². The fraction of sp³-hybridized carbons (Fsp3) is 0. The molecule has 30 radical (unpaired) electrons. The molecule has 0 aliphatic rings. The van der Waals surface area contributed by atoms with Crippen molar-refractivity contribution in [3.05, 3.63) is 121 Å². The minimum Gasteiger partial charge on any atom is -0.308 e. The van der Waals surface area contributed by atoms with E-state index >= 15 is 0 Å². The Kier molecular flexibility index (Phi) is 13.1. The maximum atomic E-state index is 6.73. The number of nitrogens with zero attached hydrogens (tertiary/aromatic N) is 7. The van der Waals surface area contributed by atoms with Gasteiger partial charge in [0.25, 0.3) is 0 Å². The summed E-state index contributed by atoms with van der Waals surface area (Å²) in [4.78, 5) is 30.0. The molecule has 11 rings (SSSR count). The molecule has 0 bridgehead atoms. The minimum atomic E-state index is -0.0964. The van der Waals surface area contributed by atoms with Gasteiger partial charge in [0.05, 0.1) is 16.7 Å². The molecule has 0 fully saturated rings. The number of aromatic nitrogens is 7. The van der Waals surface area contributed by atoms with E-state index < -0.39 is 0 Å². The maximum Gasteiger partial charge on any atom is 0.166 e. The summed E-state index contributed by atoms with van der Waals surface area (Å²) >= 11 is 0. The van der Waals surface area contributed by atoms with Gasteiger partial charge in [0.15, 0.2) is 34.9 Å². The van der Waals surface area contributed by atoms with E-state index in [4.69, 9.17) is 148 Å². The Morgan fingerprint density at radius 1 is 0.263 bits per heavy atom. The number of benzene rings is 8. The molecule has 316 valence electrons. The van der Waals surface area contributed by atoms with E-state index in [0.717, 1.165) is 32.9 Å². The molecule has 0 atom stereocenters. The largest absolute Gasteiger partial charge is 0.308 e. The summed E-state index contributed by atoms with van der Waals surface area (Å²) in [6, 6.07) is 39.2. The molecule has 0 spiro atoms. The van der Waals surface area contributed by atoms with Crippen molar-refractivity contribution in [1.29, 1.82) is 0 Å². The predicted octanol–water partition coefficient (Wildman–Crippen LogP) is -5.27. The second kappa shape index (κ2) is 19.6. The van der Waals surface area contributed by atoms with E-state index in [1.807, 2.05) is 91.0 Å². The highest BCUT2D eigenvalue weighted by Gasteiger charge is 2.26. The molecule has 22 heteroatoms. The van der Waals surface area contributed by atoms with Crippen molar-refractivity contribution < 1.29 is 0 Å². The average molecular weight is 929 g/mol. The Labute approximate surface area is 459 Å². The first-order chi connectivity index (χ1) is 36.5. The number of para-hydroxylation sites is 1. The third-order valence-electron chi connectivity index (χ3n) is 13.6. The van der Waals surface area contributed by atoms with Crippen LogP contribution in [0.15, 0.2) is 121 Å². The van der Waals surface area contributed by atoms with Gasteiger partial charge in [-0.2, -0.15) is 0 Å². The molecule has 0 amide bonds. The zero-order chi connectivity index (χ0) is 53.6. The van der Waals surface area contributed by atoms with Crippen LogP contribution in [0.3, 0.4) is 0 Å². The Bertz CT molecular complexity index is 4080. The lowest BCUT2D eigenvalue weighted by atomic mass is 9.60. The SMILES string of the molecule is [B]c1c([B])c([B])c(-c2nc(-c3ccccc3)nc(-c3cc(-c4nc(-c5c([B])c([B])c([B])c([B])c5[B])nc(-c5c([B])c([B])c([B])c([B])c5[B])n4)ccc3-n3c4ccccc4c4c(-c5ccccc5)cccc43)n2)c([B])c1[B]. The van der Waals surface area contributed by atoms with Crippen LogP contribution in [0.5, 0.6) is 0 Å². The van der Waals surface area contributed by atoms with E-state index in [1.54, 1.807) is 0 Å². The Morgan fingerprint density at radius 2 is 0.632 bits per heavy atom. The number of fused-ring (bicyclic) bond motifs is 3. The van der Waals surface area contributed by atoms with E-state index in [9.17, 15) is 0 Å². The normalized spacial score (nSPS) is 11.4. The Morgan fingerprint density at radius 3 is 1.12 bits per heavy atom. The molecule has 0 unspecified atom stereocenters. The molecular formula is C54H20B15N7. The van der Waals surface area contributed by atoms with Crippen molar-refractivity contribution in [3.8, 4) is 85.1 Å². The second-order valence-corrected chi connectivity index (χ2v) is 18.0. The third kappa shape index (κ3) is 8.22. The topological polar surface area (TPSA) is 82.3 Å². The smallest absolute Gasteiger partial charge is 0.166 e. The Hall–Kier alpha value is -7.45. The molecule has 0 aliphatic carbocycles. The minimum absolute atomic E-state index is 0.00494. The van der Waals surface area contributed by atoms with Crippen LogP contribution >= 0.6 is 0 Å². The van der Waals surface area contributed by atoms with E-state index in [2.05, 4.69) is 34.9 Å². The molecule has 3 heterocycles. The van der Waals surface area contributed by atoms with Crippen LogP contribution in [-0.2, 0) is 0 Å². The molecule has 0 saturated heterocycles. The van der Waals surface area contributed by atoms with E-state index in [1.165, 1.54) is 0 Å². The number of hydrogen-bond acceptors (Lipinski definition) is 6.